The van der Waals surface area contributed by atoms with Gasteiger partial charge < -0.3 is 4.74 Å². The number of benzene rings is 1. The fraction of sp³-hybridized carbons (Fsp3) is 0.250. The molecule has 94 valence electrons. The Bertz CT molecular complexity index is 530. The van der Waals surface area contributed by atoms with Crippen LogP contribution in [0.2, 0.25) is 0 Å². The highest BCUT2D eigenvalue weighted by molar-refractivity contribution is 8.16. The minimum atomic E-state index is -0.969. The second kappa shape index (κ2) is 5.30. The summed E-state index contributed by atoms with van der Waals surface area (Å²) in [5.74, 6) is -1.58. The number of aliphatic imine (C=N–C) groups is 1. The van der Waals surface area contributed by atoms with Crippen LogP contribution in [0.4, 0.5) is 4.39 Å². The zero-order valence-corrected chi connectivity index (χ0v) is 10.4. The van der Waals surface area contributed by atoms with Gasteiger partial charge in [-0.25, -0.2) is 9.38 Å². The fourth-order valence-electron chi connectivity index (χ4n) is 1.47. The Morgan fingerprint density at radius 3 is 3.00 bits per heavy atom. The maximum absolute atomic E-state index is 13.1. The predicted molar refractivity (Wildman–Crippen MR) is 66.0 cm³/mol. The van der Waals surface area contributed by atoms with E-state index in [9.17, 15) is 14.0 Å². The highest BCUT2D eigenvalue weighted by atomic mass is 32.2. The minimum Gasteiger partial charge on any atom is -0.465 e. The van der Waals surface area contributed by atoms with Crippen LogP contribution in [-0.4, -0.2) is 28.8 Å². The van der Waals surface area contributed by atoms with Gasteiger partial charge in [0.25, 0.3) is 5.91 Å². The van der Waals surface area contributed by atoms with Gasteiger partial charge >= 0.3 is 5.97 Å². The lowest BCUT2D eigenvalue weighted by molar-refractivity contribution is -0.144. The van der Waals surface area contributed by atoms with Crippen LogP contribution in [0.3, 0.4) is 0 Å². The molecule has 6 heteroatoms. The van der Waals surface area contributed by atoms with Gasteiger partial charge in [0.2, 0.25) is 0 Å². The summed E-state index contributed by atoms with van der Waals surface area (Å²) in [5.41, 5.74) is 0.486. The monoisotopic (exact) mass is 267 g/mol. The number of halogens is 1. The first-order chi connectivity index (χ1) is 8.61. The standard InChI is InChI=1S/C12H10FNO3S/c1-2-17-12(16)9-10(15)14-11(18-9)7-4-3-5-8(13)6-7/h3-6,9H,2H2,1H3. The molecule has 0 bridgehead atoms. The van der Waals surface area contributed by atoms with Crippen LogP contribution in [0.1, 0.15) is 12.5 Å². The van der Waals surface area contributed by atoms with Crippen molar-refractivity contribution in [1.29, 1.82) is 0 Å². The highest BCUT2D eigenvalue weighted by Crippen LogP contribution is 2.27. The van der Waals surface area contributed by atoms with Crippen molar-refractivity contribution in [2.24, 2.45) is 4.99 Å². The van der Waals surface area contributed by atoms with E-state index in [1.165, 1.54) is 18.2 Å². The summed E-state index contributed by atoms with van der Waals surface area (Å²) < 4.78 is 17.8. The molecule has 0 saturated carbocycles. The second-order valence-corrected chi connectivity index (χ2v) is 4.61. The van der Waals surface area contributed by atoms with Crippen molar-refractivity contribution in [3.05, 3.63) is 35.6 Å². The molecule has 1 aliphatic rings. The van der Waals surface area contributed by atoms with Crippen molar-refractivity contribution in [3.63, 3.8) is 0 Å². The summed E-state index contributed by atoms with van der Waals surface area (Å²) in [4.78, 5) is 26.8. The van der Waals surface area contributed by atoms with E-state index >= 15 is 0 Å². The summed E-state index contributed by atoms with van der Waals surface area (Å²) in [5, 5.41) is -0.624. The van der Waals surface area contributed by atoms with E-state index in [4.69, 9.17) is 4.74 Å². The number of amides is 1. The number of ether oxygens (including phenoxy) is 1. The van der Waals surface area contributed by atoms with E-state index in [0.717, 1.165) is 11.8 Å². The lowest BCUT2D eigenvalue weighted by Crippen LogP contribution is -2.25. The predicted octanol–water partition coefficient (Wildman–Crippen LogP) is 1.78. The summed E-state index contributed by atoms with van der Waals surface area (Å²) in [6, 6.07) is 5.73. The average Bonchev–Trinajstić information content (AvgIpc) is 2.72. The molecular weight excluding hydrogens is 257 g/mol. The number of carbonyl (C=O) groups is 2. The highest BCUT2D eigenvalue weighted by Gasteiger charge is 2.36. The summed E-state index contributed by atoms with van der Waals surface area (Å²) in [7, 11) is 0. The molecule has 1 amide bonds. The molecule has 18 heavy (non-hydrogen) atoms. The molecule has 1 aliphatic heterocycles. The third-order valence-corrected chi connectivity index (χ3v) is 3.42. The van der Waals surface area contributed by atoms with Crippen molar-refractivity contribution in [2.75, 3.05) is 6.61 Å². The molecule has 1 heterocycles. The molecule has 0 aliphatic carbocycles. The van der Waals surface area contributed by atoms with E-state index in [1.54, 1.807) is 13.0 Å². The Kier molecular flexibility index (Phi) is 3.76. The molecule has 0 aromatic heterocycles. The van der Waals surface area contributed by atoms with Gasteiger partial charge in [-0.2, -0.15) is 0 Å². The molecule has 1 aromatic rings. The molecule has 1 aromatic carbocycles. The number of esters is 1. The molecule has 0 radical (unpaired) electrons. The number of rotatable bonds is 3. The SMILES string of the molecule is CCOC(=O)C1SC(c2cccc(F)c2)=NC1=O. The molecule has 0 fully saturated rings. The maximum atomic E-state index is 13.1. The van der Waals surface area contributed by atoms with Crippen LogP contribution in [0.15, 0.2) is 29.3 Å². The van der Waals surface area contributed by atoms with Crippen LogP contribution < -0.4 is 0 Å². The van der Waals surface area contributed by atoms with Crippen LogP contribution >= 0.6 is 11.8 Å². The van der Waals surface area contributed by atoms with Crippen LogP contribution in [0, 0.1) is 5.82 Å². The van der Waals surface area contributed by atoms with Gasteiger partial charge in [0.15, 0.2) is 5.25 Å². The number of hydrogen-bond donors (Lipinski definition) is 0. The third-order valence-electron chi connectivity index (χ3n) is 2.24. The van der Waals surface area contributed by atoms with Gasteiger partial charge in [-0.3, -0.25) is 9.59 Å². The largest absolute Gasteiger partial charge is 0.465 e. The average molecular weight is 267 g/mol. The van der Waals surface area contributed by atoms with Crippen molar-refractivity contribution < 1.29 is 18.7 Å². The van der Waals surface area contributed by atoms with E-state index < -0.39 is 22.9 Å². The van der Waals surface area contributed by atoms with Gasteiger partial charge in [-0.15, -0.1) is 0 Å². The van der Waals surface area contributed by atoms with Crippen molar-refractivity contribution >= 4 is 28.7 Å². The van der Waals surface area contributed by atoms with Crippen LogP contribution in [-0.2, 0) is 14.3 Å². The van der Waals surface area contributed by atoms with Crippen LogP contribution in [0.5, 0.6) is 0 Å². The first kappa shape index (κ1) is 12.8. The molecule has 0 saturated heterocycles. The quantitative estimate of drug-likeness (QED) is 0.618. The van der Waals surface area contributed by atoms with Crippen molar-refractivity contribution in [1.82, 2.24) is 0 Å². The molecule has 1 unspecified atom stereocenters. The Morgan fingerprint density at radius 2 is 2.33 bits per heavy atom. The van der Waals surface area contributed by atoms with Gasteiger partial charge in [0, 0.05) is 5.56 Å². The number of nitrogens with zero attached hydrogens (tertiary/aromatic N) is 1. The third kappa shape index (κ3) is 2.59. The van der Waals surface area contributed by atoms with Gasteiger partial charge in [-0.1, -0.05) is 23.9 Å². The van der Waals surface area contributed by atoms with E-state index in [2.05, 4.69) is 4.99 Å². The molecule has 4 nitrogen and oxygen atoms in total. The van der Waals surface area contributed by atoms with E-state index in [1.807, 2.05) is 0 Å². The van der Waals surface area contributed by atoms with Crippen molar-refractivity contribution in [3.8, 4) is 0 Å². The van der Waals surface area contributed by atoms with E-state index in [0.29, 0.717) is 10.6 Å². The van der Waals surface area contributed by atoms with E-state index in [-0.39, 0.29) is 6.61 Å². The maximum Gasteiger partial charge on any atom is 0.329 e. The first-order valence-electron chi connectivity index (χ1n) is 5.33. The number of thioether (sulfide) groups is 1. The summed E-state index contributed by atoms with van der Waals surface area (Å²) in [6.45, 7) is 1.87. The smallest absolute Gasteiger partial charge is 0.329 e. The fourth-order valence-corrected chi connectivity index (χ4v) is 2.41. The normalized spacial score (nSPS) is 18.7. The zero-order chi connectivity index (χ0) is 13.1. The Hall–Kier alpha value is -1.69. The molecule has 0 N–H and O–H groups in total. The number of hydrogen-bond acceptors (Lipinski definition) is 4. The Morgan fingerprint density at radius 1 is 1.56 bits per heavy atom. The minimum absolute atomic E-state index is 0.207. The molecule has 0 spiro atoms. The van der Waals surface area contributed by atoms with Gasteiger partial charge in [0.1, 0.15) is 10.9 Å². The van der Waals surface area contributed by atoms with Gasteiger partial charge in [0.05, 0.1) is 6.61 Å². The number of carbonyl (C=O) groups excluding carboxylic acids is 2. The molecule has 1 atom stereocenters. The molecule has 2 rings (SSSR count). The second-order valence-electron chi connectivity index (χ2n) is 3.52. The Labute approximate surface area is 107 Å². The molecular formula is C12H10FNO3S. The van der Waals surface area contributed by atoms with Gasteiger partial charge in [-0.05, 0) is 19.1 Å². The zero-order valence-electron chi connectivity index (χ0n) is 9.55. The summed E-state index contributed by atoms with van der Waals surface area (Å²) >= 11 is 0.988. The summed E-state index contributed by atoms with van der Waals surface area (Å²) in [6.07, 6.45) is 0. The lowest BCUT2D eigenvalue weighted by atomic mass is 10.2. The topological polar surface area (TPSA) is 55.7 Å². The first-order valence-corrected chi connectivity index (χ1v) is 6.21. The lowest BCUT2D eigenvalue weighted by Gasteiger charge is -2.05. The van der Waals surface area contributed by atoms with Crippen LogP contribution in [0.25, 0.3) is 0 Å². The Balaban J connectivity index is 2.17. The van der Waals surface area contributed by atoms with Crippen molar-refractivity contribution in [2.45, 2.75) is 12.2 Å².